The molecule has 8 heteroatoms. The number of thiophene rings is 1. The third-order valence-electron chi connectivity index (χ3n) is 4.17. The Morgan fingerprint density at radius 1 is 1.29 bits per heavy atom. The number of aromatic nitrogens is 1. The lowest BCUT2D eigenvalue weighted by Gasteiger charge is -2.22. The van der Waals surface area contributed by atoms with Crippen LogP contribution in [0.2, 0.25) is 0 Å². The highest BCUT2D eigenvalue weighted by molar-refractivity contribution is 7.91. The first-order valence-corrected chi connectivity index (χ1v) is 10.2. The van der Waals surface area contributed by atoms with E-state index in [9.17, 15) is 8.42 Å². The normalized spacial score (nSPS) is 18.5. The van der Waals surface area contributed by atoms with E-state index in [1.54, 1.807) is 17.5 Å². The number of para-hydroxylation sites is 2. The Kier molecular flexibility index (Phi) is 4.03. The van der Waals surface area contributed by atoms with Gasteiger partial charge in [-0.05, 0) is 36.4 Å². The number of sulfonamides is 1. The van der Waals surface area contributed by atoms with Crippen LogP contribution in [0.4, 0.5) is 6.01 Å². The lowest BCUT2D eigenvalue weighted by molar-refractivity contribution is 0.534. The molecule has 1 atom stereocenters. The van der Waals surface area contributed by atoms with Gasteiger partial charge in [0.2, 0.25) is 10.0 Å². The molecule has 3 heterocycles. The summed E-state index contributed by atoms with van der Waals surface area (Å²) in [6, 6.07) is 11.6. The molecule has 126 valence electrons. The summed E-state index contributed by atoms with van der Waals surface area (Å²) in [5, 5.41) is 1.76. The van der Waals surface area contributed by atoms with Crippen LogP contribution in [0.15, 0.2) is 50.4 Å². The third-order valence-corrected chi connectivity index (χ3v) is 7.00. The molecule has 24 heavy (non-hydrogen) atoms. The third kappa shape index (κ3) is 2.92. The van der Waals surface area contributed by atoms with E-state index in [1.165, 1.54) is 11.3 Å². The first-order valence-electron chi connectivity index (χ1n) is 7.79. The summed E-state index contributed by atoms with van der Waals surface area (Å²) in [5.74, 6) is 0. The predicted molar refractivity (Wildman–Crippen MR) is 93.9 cm³/mol. The van der Waals surface area contributed by atoms with Gasteiger partial charge >= 0.3 is 0 Å². The smallest absolute Gasteiger partial charge is 0.298 e. The van der Waals surface area contributed by atoms with E-state index in [0.717, 1.165) is 30.5 Å². The molecule has 0 aliphatic carbocycles. The second kappa shape index (κ2) is 6.19. The summed E-state index contributed by atoms with van der Waals surface area (Å²) < 4.78 is 33.4. The molecule has 0 saturated carbocycles. The first-order chi connectivity index (χ1) is 11.6. The van der Waals surface area contributed by atoms with Crippen molar-refractivity contribution >= 4 is 38.5 Å². The van der Waals surface area contributed by atoms with Gasteiger partial charge in [0.15, 0.2) is 5.58 Å². The topological polar surface area (TPSA) is 75.4 Å². The average Bonchev–Trinajstić information content (AvgIpc) is 3.31. The van der Waals surface area contributed by atoms with Crippen LogP contribution in [0, 0.1) is 0 Å². The van der Waals surface area contributed by atoms with Crippen LogP contribution in [0.1, 0.15) is 12.8 Å². The van der Waals surface area contributed by atoms with Crippen molar-refractivity contribution < 1.29 is 12.8 Å². The van der Waals surface area contributed by atoms with Crippen LogP contribution in [-0.4, -0.2) is 32.5 Å². The second-order valence-electron chi connectivity index (χ2n) is 5.74. The highest BCUT2D eigenvalue weighted by Gasteiger charge is 2.29. The van der Waals surface area contributed by atoms with Gasteiger partial charge < -0.3 is 9.32 Å². The maximum atomic E-state index is 12.3. The summed E-state index contributed by atoms with van der Waals surface area (Å²) in [5.41, 5.74) is 1.56. The standard InChI is InChI=1S/C16H17N3O3S2/c20-24(21,15-8-4-10-23-15)17-11-12-5-3-9-19(12)16-18-13-6-1-2-7-14(13)22-16/h1-2,4,6-8,10,12,17H,3,5,9,11H2/t12-/m0/s1. The van der Waals surface area contributed by atoms with Crippen LogP contribution >= 0.6 is 11.3 Å². The van der Waals surface area contributed by atoms with E-state index < -0.39 is 10.0 Å². The molecule has 0 amide bonds. The van der Waals surface area contributed by atoms with Crippen molar-refractivity contribution in [3.05, 3.63) is 41.8 Å². The SMILES string of the molecule is O=S(=O)(NC[C@@H]1CCCN1c1nc2ccccc2o1)c1cccs1. The van der Waals surface area contributed by atoms with Crippen molar-refractivity contribution in [1.82, 2.24) is 9.71 Å². The number of anilines is 1. The van der Waals surface area contributed by atoms with Crippen LogP contribution in [-0.2, 0) is 10.0 Å². The summed E-state index contributed by atoms with van der Waals surface area (Å²) in [4.78, 5) is 6.58. The second-order valence-corrected chi connectivity index (χ2v) is 8.68. The molecule has 1 N–H and O–H groups in total. The molecule has 1 aliphatic heterocycles. The van der Waals surface area contributed by atoms with Crippen molar-refractivity contribution in [1.29, 1.82) is 0 Å². The fraction of sp³-hybridized carbons (Fsp3) is 0.312. The van der Waals surface area contributed by atoms with Crippen LogP contribution in [0.5, 0.6) is 0 Å². The molecular weight excluding hydrogens is 346 g/mol. The van der Waals surface area contributed by atoms with Gasteiger partial charge in [-0.1, -0.05) is 18.2 Å². The fourth-order valence-electron chi connectivity index (χ4n) is 2.98. The number of hydrogen-bond acceptors (Lipinski definition) is 6. The Labute approximate surface area is 144 Å². The lowest BCUT2D eigenvalue weighted by atomic mass is 10.2. The monoisotopic (exact) mass is 363 g/mol. The predicted octanol–water partition coefficient (Wildman–Crippen LogP) is 2.84. The molecule has 1 saturated heterocycles. The van der Waals surface area contributed by atoms with E-state index in [-0.39, 0.29) is 6.04 Å². The zero-order valence-electron chi connectivity index (χ0n) is 12.9. The number of rotatable bonds is 5. The van der Waals surface area contributed by atoms with Gasteiger partial charge in [0, 0.05) is 19.1 Å². The summed E-state index contributed by atoms with van der Waals surface area (Å²) in [6.45, 7) is 1.16. The summed E-state index contributed by atoms with van der Waals surface area (Å²) >= 11 is 1.22. The largest absolute Gasteiger partial charge is 0.423 e. The van der Waals surface area contributed by atoms with Crippen molar-refractivity contribution in [2.24, 2.45) is 0 Å². The molecule has 0 bridgehead atoms. The molecule has 1 fully saturated rings. The zero-order valence-corrected chi connectivity index (χ0v) is 14.5. The van der Waals surface area contributed by atoms with Crippen LogP contribution in [0.25, 0.3) is 11.1 Å². The molecule has 3 aromatic rings. The van der Waals surface area contributed by atoms with Crippen molar-refractivity contribution in [3.63, 3.8) is 0 Å². The van der Waals surface area contributed by atoms with Crippen molar-refractivity contribution in [2.45, 2.75) is 23.1 Å². The van der Waals surface area contributed by atoms with Gasteiger partial charge in [-0.15, -0.1) is 11.3 Å². The maximum absolute atomic E-state index is 12.3. The van der Waals surface area contributed by atoms with Gasteiger partial charge in [-0.3, -0.25) is 0 Å². The van der Waals surface area contributed by atoms with Crippen LogP contribution < -0.4 is 9.62 Å². The molecule has 0 spiro atoms. The Hall–Kier alpha value is -1.90. The van der Waals surface area contributed by atoms with Gasteiger partial charge in [-0.25, -0.2) is 13.1 Å². The Balaban J connectivity index is 1.51. The van der Waals surface area contributed by atoms with Gasteiger partial charge in [-0.2, -0.15) is 4.98 Å². The number of fused-ring (bicyclic) bond motifs is 1. The van der Waals surface area contributed by atoms with Crippen molar-refractivity contribution in [2.75, 3.05) is 18.0 Å². The molecule has 1 aliphatic rings. The van der Waals surface area contributed by atoms with Crippen LogP contribution in [0.3, 0.4) is 0 Å². The highest BCUT2D eigenvalue weighted by atomic mass is 32.2. The molecule has 0 radical (unpaired) electrons. The molecule has 0 unspecified atom stereocenters. The number of nitrogens with zero attached hydrogens (tertiary/aromatic N) is 2. The fourth-order valence-corrected chi connectivity index (χ4v) is 5.09. The minimum absolute atomic E-state index is 0.0489. The van der Waals surface area contributed by atoms with E-state index in [1.807, 2.05) is 24.3 Å². The summed E-state index contributed by atoms with van der Waals surface area (Å²) in [7, 11) is -3.44. The van der Waals surface area contributed by atoms with E-state index >= 15 is 0 Å². The number of oxazole rings is 1. The highest BCUT2D eigenvalue weighted by Crippen LogP contribution is 2.28. The molecule has 4 rings (SSSR count). The first kappa shape index (κ1) is 15.6. The van der Waals surface area contributed by atoms with Gasteiger partial charge in [0.1, 0.15) is 9.73 Å². The van der Waals surface area contributed by atoms with E-state index in [2.05, 4.69) is 14.6 Å². The molecule has 6 nitrogen and oxygen atoms in total. The number of nitrogens with one attached hydrogen (secondary N) is 1. The Bertz CT molecular complexity index is 902. The molecule has 2 aromatic heterocycles. The Morgan fingerprint density at radius 3 is 2.96 bits per heavy atom. The number of benzene rings is 1. The van der Waals surface area contributed by atoms with Gasteiger partial charge in [0.25, 0.3) is 6.01 Å². The van der Waals surface area contributed by atoms with E-state index in [4.69, 9.17) is 4.42 Å². The minimum atomic E-state index is -3.44. The average molecular weight is 363 g/mol. The van der Waals surface area contributed by atoms with Gasteiger partial charge in [0.05, 0.1) is 0 Å². The number of hydrogen-bond donors (Lipinski definition) is 1. The van der Waals surface area contributed by atoms with Crippen molar-refractivity contribution in [3.8, 4) is 0 Å². The zero-order chi connectivity index (χ0) is 16.6. The molecule has 1 aromatic carbocycles. The quantitative estimate of drug-likeness (QED) is 0.754. The maximum Gasteiger partial charge on any atom is 0.298 e. The lowest BCUT2D eigenvalue weighted by Crippen LogP contribution is -2.40. The Morgan fingerprint density at radius 2 is 2.17 bits per heavy atom. The van der Waals surface area contributed by atoms with E-state index in [0.29, 0.717) is 16.8 Å². The summed E-state index contributed by atoms with van der Waals surface area (Å²) in [6.07, 6.45) is 1.90. The molecular formula is C16H17N3O3S2. The minimum Gasteiger partial charge on any atom is -0.423 e.